The Kier molecular flexibility index (Phi) is 3.91. The lowest BCUT2D eigenvalue weighted by Gasteiger charge is -2.46. The third-order valence-corrected chi connectivity index (χ3v) is 6.18. The first-order chi connectivity index (χ1) is 14.0. The minimum absolute atomic E-state index is 0.00967. The van der Waals surface area contributed by atoms with E-state index in [1.54, 1.807) is 16.8 Å². The SMILES string of the molecule is CN1CC(=O)N2C(Cc3c([nH]c4ccccc34)C2c2ccc(N(C)C)cc2)C1=O. The van der Waals surface area contributed by atoms with Crippen LogP contribution in [0.5, 0.6) is 0 Å². The van der Waals surface area contributed by atoms with Crippen LogP contribution in [-0.2, 0) is 16.0 Å². The van der Waals surface area contributed by atoms with Crippen LogP contribution < -0.4 is 4.90 Å². The van der Waals surface area contributed by atoms with Crippen LogP contribution in [0, 0.1) is 0 Å². The van der Waals surface area contributed by atoms with Gasteiger partial charge in [-0.2, -0.15) is 0 Å². The van der Waals surface area contributed by atoms with Gasteiger partial charge in [0.1, 0.15) is 6.04 Å². The number of nitrogens with one attached hydrogen (secondary N) is 1. The Bertz CT molecular complexity index is 1120. The van der Waals surface area contributed by atoms with Crippen molar-refractivity contribution < 1.29 is 9.59 Å². The largest absolute Gasteiger partial charge is 0.378 e. The highest BCUT2D eigenvalue weighted by molar-refractivity contribution is 5.97. The summed E-state index contributed by atoms with van der Waals surface area (Å²) in [6, 6.07) is 15.6. The number of H-pyrrole nitrogens is 1. The van der Waals surface area contributed by atoms with E-state index in [9.17, 15) is 9.59 Å². The number of amides is 2. The molecule has 1 aromatic heterocycles. The molecule has 2 aliphatic heterocycles. The Morgan fingerprint density at radius 3 is 2.48 bits per heavy atom. The molecule has 1 fully saturated rings. The fourth-order valence-corrected chi connectivity index (χ4v) is 4.71. The number of piperazine rings is 1. The van der Waals surface area contributed by atoms with Gasteiger partial charge >= 0.3 is 0 Å². The first-order valence-electron chi connectivity index (χ1n) is 9.88. The highest BCUT2D eigenvalue weighted by Gasteiger charge is 2.47. The molecule has 0 bridgehead atoms. The zero-order valence-corrected chi connectivity index (χ0v) is 16.8. The summed E-state index contributed by atoms with van der Waals surface area (Å²) in [7, 11) is 5.72. The summed E-state index contributed by atoms with van der Waals surface area (Å²) in [6.07, 6.45) is 0.542. The molecule has 148 valence electrons. The van der Waals surface area contributed by atoms with Gasteiger partial charge in [-0.05, 0) is 29.3 Å². The number of likely N-dealkylation sites (N-methyl/N-ethyl adjacent to an activating group) is 1. The Labute approximate surface area is 169 Å². The summed E-state index contributed by atoms with van der Waals surface area (Å²) in [5, 5.41) is 1.13. The highest BCUT2D eigenvalue weighted by Crippen LogP contribution is 2.42. The number of aromatic amines is 1. The number of para-hydroxylation sites is 1. The summed E-state index contributed by atoms with van der Waals surface area (Å²) >= 11 is 0. The highest BCUT2D eigenvalue weighted by atomic mass is 16.2. The van der Waals surface area contributed by atoms with Crippen LogP contribution in [0.2, 0.25) is 0 Å². The second-order valence-corrected chi connectivity index (χ2v) is 8.17. The predicted octanol–water partition coefficient (Wildman–Crippen LogP) is 2.55. The molecule has 6 nitrogen and oxygen atoms in total. The van der Waals surface area contributed by atoms with Crippen molar-refractivity contribution in [2.75, 3.05) is 32.6 Å². The van der Waals surface area contributed by atoms with Gasteiger partial charge in [0, 0.05) is 49.8 Å². The maximum absolute atomic E-state index is 13.1. The van der Waals surface area contributed by atoms with Gasteiger partial charge < -0.3 is 19.7 Å². The fraction of sp³-hybridized carbons (Fsp3) is 0.304. The molecule has 2 atom stereocenters. The number of anilines is 1. The normalized spacial score (nSPS) is 21.3. The van der Waals surface area contributed by atoms with Crippen LogP contribution in [-0.4, -0.2) is 60.3 Å². The van der Waals surface area contributed by atoms with E-state index in [0.29, 0.717) is 6.42 Å². The lowest BCUT2D eigenvalue weighted by atomic mass is 9.86. The molecule has 6 heteroatoms. The van der Waals surface area contributed by atoms with Gasteiger partial charge in [-0.15, -0.1) is 0 Å². The summed E-state index contributed by atoms with van der Waals surface area (Å²) in [5.41, 5.74) is 5.31. The standard InChI is InChI=1S/C23H24N4O2/c1-25(2)15-10-8-14(9-11-15)22-21-17(16-6-4-5-7-18(16)24-21)12-19-23(29)26(3)13-20(28)27(19)22/h4-11,19,22,24H,12-13H2,1-3H3. The van der Waals surface area contributed by atoms with Crippen LogP contribution in [0.15, 0.2) is 48.5 Å². The van der Waals surface area contributed by atoms with Crippen molar-refractivity contribution in [3.05, 3.63) is 65.4 Å². The molecule has 1 N–H and O–H groups in total. The molecule has 5 rings (SSSR count). The van der Waals surface area contributed by atoms with Crippen molar-refractivity contribution in [3.63, 3.8) is 0 Å². The van der Waals surface area contributed by atoms with E-state index in [4.69, 9.17) is 0 Å². The Hall–Kier alpha value is -3.28. The van der Waals surface area contributed by atoms with Crippen molar-refractivity contribution in [2.45, 2.75) is 18.5 Å². The molecule has 3 heterocycles. The molecular formula is C23H24N4O2. The number of fused-ring (bicyclic) bond motifs is 4. The number of carbonyl (C=O) groups excluding carboxylic acids is 2. The molecule has 1 saturated heterocycles. The minimum atomic E-state index is -0.466. The summed E-state index contributed by atoms with van der Waals surface area (Å²) in [6.45, 7) is 0.122. The van der Waals surface area contributed by atoms with Gasteiger partial charge in [0.25, 0.3) is 0 Å². The lowest BCUT2D eigenvalue weighted by molar-refractivity contribution is -0.157. The minimum Gasteiger partial charge on any atom is -0.378 e. The van der Waals surface area contributed by atoms with Crippen molar-refractivity contribution in [3.8, 4) is 0 Å². The molecule has 29 heavy (non-hydrogen) atoms. The first kappa shape index (κ1) is 17.8. The molecule has 0 spiro atoms. The van der Waals surface area contributed by atoms with E-state index in [1.807, 2.05) is 31.1 Å². The number of rotatable bonds is 2. The molecule has 0 radical (unpaired) electrons. The molecule has 3 aromatic rings. The van der Waals surface area contributed by atoms with E-state index >= 15 is 0 Å². The number of aromatic nitrogens is 1. The average molecular weight is 388 g/mol. The van der Waals surface area contributed by atoms with Gasteiger partial charge in [-0.1, -0.05) is 30.3 Å². The third kappa shape index (κ3) is 2.63. The van der Waals surface area contributed by atoms with Gasteiger partial charge in [-0.3, -0.25) is 9.59 Å². The average Bonchev–Trinajstić information content (AvgIpc) is 3.09. The third-order valence-electron chi connectivity index (χ3n) is 6.18. The molecule has 0 saturated carbocycles. The Balaban J connectivity index is 1.72. The van der Waals surface area contributed by atoms with Crippen LogP contribution in [0.25, 0.3) is 10.9 Å². The van der Waals surface area contributed by atoms with Gasteiger partial charge in [0.15, 0.2) is 0 Å². The number of benzene rings is 2. The van der Waals surface area contributed by atoms with Crippen molar-refractivity contribution >= 4 is 28.4 Å². The molecule has 0 aliphatic carbocycles. The maximum Gasteiger partial charge on any atom is 0.245 e. The van der Waals surface area contributed by atoms with E-state index < -0.39 is 6.04 Å². The number of carbonyl (C=O) groups is 2. The first-order valence-corrected chi connectivity index (χ1v) is 9.88. The van der Waals surface area contributed by atoms with Crippen molar-refractivity contribution in [1.29, 1.82) is 0 Å². The van der Waals surface area contributed by atoms with Crippen LogP contribution in [0.3, 0.4) is 0 Å². The van der Waals surface area contributed by atoms with E-state index in [2.05, 4.69) is 41.4 Å². The van der Waals surface area contributed by atoms with Crippen LogP contribution in [0.4, 0.5) is 5.69 Å². The summed E-state index contributed by atoms with van der Waals surface area (Å²) in [4.78, 5) is 35.0. The molecular weight excluding hydrogens is 364 g/mol. The monoisotopic (exact) mass is 388 g/mol. The second-order valence-electron chi connectivity index (χ2n) is 8.17. The van der Waals surface area contributed by atoms with Crippen molar-refractivity contribution in [2.24, 2.45) is 0 Å². The fourth-order valence-electron chi connectivity index (χ4n) is 4.71. The molecule has 2 aromatic carbocycles. The molecule has 2 amide bonds. The Morgan fingerprint density at radius 2 is 1.76 bits per heavy atom. The number of hydrogen-bond acceptors (Lipinski definition) is 3. The van der Waals surface area contributed by atoms with Crippen LogP contribution >= 0.6 is 0 Å². The van der Waals surface area contributed by atoms with E-state index in [-0.39, 0.29) is 24.4 Å². The number of nitrogens with zero attached hydrogens (tertiary/aromatic N) is 3. The van der Waals surface area contributed by atoms with Gasteiger partial charge in [-0.25, -0.2) is 0 Å². The topological polar surface area (TPSA) is 59.7 Å². The summed E-state index contributed by atoms with van der Waals surface area (Å²) in [5.74, 6) is -0.00136. The van der Waals surface area contributed by atoms with E-state index in [0.717, 1.165) is 33.4 Å². The quantitative estimate of drug-likeness (QED) is 0.734. The second kappa shape index (κ2) is 6.37. The van der Waals surface area contributed by atoms with E-state index in [1.165, 1.54) is 0 Å². The predicted molar refractivity (Wildman–Crippen MR) is 113 cm³/mol. The number of hydrogen-bond donors (Lipinski definition) is 1. The molecule has 2 unspecified atom stereocenters. The van der Waals surface area contributed by atoms with Gasteiger partial charge in [0.2, 0.25) is 11.8 Å². The zero-order chi connectivity index (χ0) is 20.3. The van der Waals surface area contributed by atoms with Crippen molar-refractivity contribution in [1.82, 2.24) is 14.8 Å². The van der Waals surface area contributed by atoms with Gasteiger partial charge in [0.05, 0.1) is 12.6 Å². The van der Waals surface area contributed by atoms with Crippen LogP contribution in [0.1, 0.15) is 22.9 Å². The molecule has 2 aliphatic rings. The lowest BCUT2D eigenvalue weighted by Crippen LogP contribution is -2.62. The Morgan fingerprint density at radius 1 is 1.03 bits per heavy atom. The zero-order valence-electron chi connectivity index (χ0n) is 16.8. The smallest absolute Gasteiger partial charge is 0.245 e. The summed E-state index contributed by atoms with van der Waals surface area (Å²) < 4.78 is 0. The maximum atomic E-state index is 13.1.